The number of nitrogens with zero attached hydrogens (tertiary/aromatic N) is 2. The molecule has 0 aliphatic heterocycles. The maximum absolute atomic E-state index is 5.99. The van der Waals surface area contributed by atoms with E-state index in [0.717, 1.165) is 5.69 Å². The van der Waals surface area contributed by atoms with Crippen LogP contribution in [0.2, 0.25) is 10.0 Å². The molecule has 0 bridgehead atoms. The van der Waals surface area contributed by atoms with Crippen LogP contribution in [-0.2, 0) is 6.73 Å². The van der Waals surface area contributed by atoms with Crippen molar-refractivity contribution in [2.45, 2.75) is 13.7 Å². The van der Waals surface area contributed by atoms with E-state index < -0.39 is 0 Å². The largest absolute Gasteiger partial charge is 0.470 e. The Morgan fingerprint density at radius 3 is 2.82 bits per heavy atom. The van der Waals surface area contributed by atoms with Crippen LogP contribution in [-0.4, -0.2) is 9.78 Å². The Kier molecular flexibility index (Phi) is 3.45. The molecule has 2 aromatic rings. The zero-order valence-electron chi connectivity index (χ0n) is 9.15. The number of hydrogen-bond acceptors (Lipinski definition) is 3. The van der Waals surface area contributed by atoms with Crippen LogP contribution in [0, 0.1) is 6.92 Å². The minimum absolute atomic E-state index is 0.239. The summed E-state index contributed by atoms with van der Waals surface area (Å²) in [4.78, 5) is 0. The molecule has 1 aromatic heterocycles. The number of rotatable bonds is 3. The van der Waals surface area contributed by atoms with Crippen LogP contribution in [0.25, 0.3) is 0 Å². The molecule has 2 rings (SSSR count). The van der Waals surface area contributed by atoms with E-state index in [0.29, 0.717) is 21.6 Å². The molecule has 0 radical (unpaired) electrons. The van der Waals surface area contributed by atoms with E-state index in [2.05, 4.69) is 5.10 Å². The van der Waals surface area contributed by atoms with Gasteiger partial charge in [-0.25, -0.2) is 4.68 Å². The van der Waals surface area contributed by atoms with Gasteiger partial charge in [-0.2, -0.15) is 5.10 Å². The maximum Gasteiger partial charge on any atom is 0.181 e. The minimum atomic E-state index is 0.239. The molecule has 90 valence electrons. The molecule has 0 atom stereocenters. The van der Waals surface area contributed by atoms with Gasteiger partial charge in [-0.15, -0.1) is 0 Å². The highest BCUT2D eigenvalue weighted by Gasteiger charge is 2.07. The van der Waals surface area contributed by atoms with E-state index in [1.165, 1.54) is 0 Å². The molecule has 0 aliphatic carbocycles. The van der Waals surface area contributed by atoms with Crippen molar-refractivity contribution in [2.75, 3.05) is 5.73 Å². The molecular formula is C11H11Cl2N3O. The Balaban J connectivity index is 2.12. The van der Waals surface area contributed by atoms with Crippen molar-refractivity contribution in [3.8, 4) is 5.75 Å². The first-order chi connectivity index (χ1) is 8.08. The van der Waals surface area contributed by atoms with Crippen molar-refractivity contribution in [3.63, 3.8) is 0 Å². The summed E-state index contributed by atoms with van der Waals surface area (Å²) in [5.41, 5.74) is 6.49. The number of aromatic nitrogens is 2. The molecule has 1 heterocycles. The number of benzene rings is 1. The molecule has 4 nitrogen and oxygen atoms in total. The molecule has 6 heteroatoms. The third-order valence-corrected chi connectivity index (χ3v) is 3.06. The quantitative estimate of drug-likeness (QED) is 0.933. The average Bonchev–Trinajstić information content (AvgIpc) is 2.60. The number of halogens is 2. The van der Waals surface area contributed by atoms with E-state index in [1.54, 1.807) is 28.9 Å². The second-order valence-corrected chi connectivity index (χ2v) is 4.32. The number of nitrogen functional groups attached to an aromatic ring is 1. The van der Waals surface area contributed by atoms with Crippen LogP contribution in [0.3, 0.4) is 0 Å². The van der Waals surface area contributed by atoms with E-state index in [4.69, 9.17) is 33.7 Å². The highest BCUT2D eigenvalue weighted by atomic mass is 35.5. The second-order valence-electron chi connectivity index (χ2n) is 3.54. The SMILES string of the molecule is Cc1cc(N)nn1COc1cccc(Cl)c1Cl. The number of hydrogen-bond donors (Lipinski definition) is 1. The zero-order valence-corrected chi connectivity index (χ0v) is 10.7. The average molecular weight is 272 g/mol. The fourth-order valence-electron chi connectivity index (χ4n) is 1.39. The second kappa shape index (κ2) is 4.85. The third kappa shape index (κ3) is 2.65. The molecule has 17 heavy (non-hydrogen) atoms. The Morgan fingerprint density at radius 2 is 2.18 bits per heavy atom. The third-order valence-electron chi connectivity index (χ3n) is 2.26. The summed E-state index contributed by atoms with van der Waals surface area (Å²) < 4.78 is 7.17. The summed E-state index contributed by atoms with van der Waals surface area (Å²) in [5, 5.41) is 4.93. The molecule has 0 aliphatic rings. The highest BCUT2D eigenvalue weighted by Crippen LogP contribution is 2.31. The Bertz CT molecular complexity index is 540. The Morgan fingerprint density at radius 1 is 1.41 bits per heavy atom. The standard InChI is InChI=1S/C11H11Cl2N3O/c1-7-5-10(14)15-16(7)6-17-9-4-2-3-8(12)11(9)13/h2-5H,6H2,1H3,(H2,14,15). The lowest BCUT2D eigenvalue weighted by atomic mass is 10.3. The number of anilines is 1. The van der Waals surface area contributed by atoms with Gasteiger partial charge < -0.3 is 10.5 Å². The first-order valence-electron chi connectivity index (χ1n) is 4.94. The van der Waals surface area contributed by atoms with Gasteiger partial charge in [0, 0.05) is 11.8 Å². The molecule has 2 N–H and O–H groups in total. The lowest BCUT2D eigenvalue weighted by Gasteiger charge is -2.09. The van der Waals surface area contributed by atoms with Crippen molar-refractivity contribution >= 4 is 29.0 Å². The van der Waals surface area contributed by atoms with Crippen molar-refractivity contribution < 1.29 is 4.74 Å². The summed E-state index contributed by atoms with van der Waals surface area (Å²) in [7, 11) is 0. The number of nitrogens with two attached hydrogens (primary N) is 1. The van der Waals surface area contributed by atoms with Crippen molar-refractivity contribution in [1.82, 2.24) is 9.78 Å². The summed E-state index contributed by atoms with van der Waals surface area (Å²) in [6, 6.07) is 6.99. The molecule has 1 aromatic carbocycles. The fraction of sp³-hybridized carbons (Fsp3) is 0.182. The molecular weight excluding hydrogens is 261 g/mol. The van der Waals surface area contributed by atoms with Crippen LogP contribution in [0.4, 0.5) is 5.82 Å². The summed E-state index contributed by atoms with van der Waals surface area (Å²) in [6.07, 6.45) is 0. The zero-order chi connectivity index (χ0) is 12.4. The van der Waals surface area contributed by atoms with E-state index in [9.17, 15) is 0 Å². The molecule has 0 saturated carbocycles. The van der Waals surface area contributed by atoms with Crippen LogP contribution in [0.1, 0.15) is 5.69 Å². The molecule has 0 fully saturated rings. The Labute approximate surface area is 109 Å². The van der Waals surface area contributed by atoms with E-state index in [1.807, 2.05) is 6.92 Å². The number of aryl methyl sites for hydroxylation is 1. The first kappa shape index (κ1) is 12.1. The van der Waals surface area contributed by atoms with E-state index in [-0.39, 0.29) is 6.73 Å². The normalized spacial score (nSPS) is 10.5. The fourth-order valence-corrected chi connectivity index (χ4v) is 1.74. The van der Waals surface area contributed by atoms with Gasteiger partial charge in [0.05, 0.1) is 5.02 Å². The molecule has 0 amide bonds. The van der Waals surface area contributed by atoms with Crippen LogP contribution >= 0.6 is 23.2 Å². The van der Waals surface area contributed by atoms with Gasteiger partial charge in [0.2, 0.25) is 0 Å². The van der Waals surface area contributed by atoms with Gasteiger partial charge in [-0.1, -0.05) is 29.3 Å². The first-order valence-corrected chi connectivity index (χ1v) is 5.70. The van der Waals surface area contributed by atoms with E-state index >= 15 is 0 Å². The molecule has 0 spiro atoms. The van der Waals surface area contributed by atoms with Gasteiger partial charge in [-0.05, 0) is 19.1 Å². The summed E-state index contributed by atoms with van der Waals surface area (Å²) in [6.45, 7) is 2.13. The molecule has 0 saturated heterocycles. The lowest BCUT2D eigenvalue weighted by molar-refractivity contribution is 0.219. The van der Waals surface area contributed by atoms with Gasteiger partial charge >= 0.3 is 0 Å². The molecule has 0 unspecified atom stereocenters. The van der Waals surface area contributed by atoms with Gasteiger partial charge in [0.15, 0.2) is 6.73 Å². The lowest BCUT2D eigenvalue weighted by Crippen LogP contribution is -2.09. The maximum atomic E-state index is 5.99. The van der Waals surface area contributed by atoms with Gasteiger partial charge in [0.1, 0.15) is 16.6 Å². The Hall–Kier alpha value is -1.39. The summed E-state index contributed by atoms with van der Waals surface area (Å²) >= 11 is 11.9. The van der Waals surface area contributed by atoms with Crippen LogP contribution in [0.15, 0.2) is 24.3 Å². The van der Waals surface area contributed by atoms with Crippen LogP contribution < -0.4 is 10.5 Å². The number of ether oxygens (including phenoxy) is 1. The minimum Gasteiger partial charge on any atom is -0.470 e. The smallest absolute Gasteiger partial charge is 0.181 e. The monoisotopic (exact) mass is 271 g/mol. The van der Waals surface area contributed by atoms with Crippen molar-refractivity contribution in [1.29, 1.82) is 0 Å². The predicted molar refractivity (Wildman–Crippen MR) is 68.5 cm³/mol. The predicted octanol–water partition coefficient (Wildman–Crippen LogP) is 3.12. The summed E-state index contributed by atoms with van der Waals surface area (Å²) in [5.74, 6) is 0.982. The highest BCUT2D eigenvalue weighted by molar-refractivity contribution is 6.42. The van der Waals surface area contributed by atoms with Gasteiger partial charge in [0.25, 0.3) is 0 Å². The topological polar surface area (TPSA) is 53.1 Å². The van der Waals surface area contributed by atoms with Crippen molar-refractivity contribution in [3.05, 3.63) is 40.0 Å². The van der Waals surface area contributed by atoms with Crippen molar-refractivity contribution in [2.24, 2.45) is 0 Å². The van der Waals surface area contributed by atoms with Gasteiger partial charge in [-0.3, -0.25) is 0 Å². The van der Waals surface area contributed by atoms with Crippen LogP contribution in [0.5, 0.6) is 5.75 Å².